The maximum absolute atomic E-state index is 12.5. The molecule has 0 spiro atoms. The molecule has 0 heterocycles. The molecule has 0 unspecified atom stereocenters. The van der Waals surface area contributed by atoms with E-state index >= 15 is 0 Å². The van der Waals surface area contributed by atoms with Crippen molar-refractivity contribution < 1.29 is 19.1 Å². The molecule has 2 bridgehead atoms. The highest BCUT2D eigenvalue weighted by Gasteiger charge is 2.64. The third-order valence-corrected chi connectivity index (χ3v) is 4.66. The summed E-state index contributed by atoms with van der Waals surface area (Å²) in [6.07, 6.45) is 2.22. The minimum Gasteiger partial charge on any atom is -0.467 e. The smallest absolute Gasteiger partial charge is 0.339 e. The zero-order valence-electron chi connectivity index (χ0n) is 11.8. The highest BCUT2D eigenvalue weighted by atomic mass is 16.5. The summed E-state index contributed by atoms with van der Waals surface area (Å²) in [5, 5.41) is 2.68. The summed E-state index contributed by atoms with van der Waals surface area (Å²) in [4.78, 5) is 37.2. The van der Waals surface area contributed by atoms with Gasteiger partial charge in [-0.15, -0.1) is 0 Å². The number of carbonyl (C=O) groups excluding carboxylic acids is 3. The van der Waals surface area contributed by atoms with Gasteiger partial charge in [0.05, 0.1) is 7.11 Å². The number of methoxy groups -OCH3 is 1. The zero-order valence-corrected chi connectivity index (χ0v) is 11.8. The van der Waals surface area contributed by atoms with E-state index in [1.54, 1.807) is 30.3 Å². The van der Waals surface area contributed by atoms with Crippen molar-refractivity contribution in [3.8, 4) is 0 Å². The minimum absolute atomic E-state index is 0.134. The maximum atomic E-state index is 12.5. The first kappa shape index (κ1) is 13.8. The van der Waals surface area contributed by atoms with E-state index in [0.29, 0.717) is 12.0 Å². The molecule has 2 fully saturated rings. The van der Waals surface area contributed by atoms with E-state index in [0.717, 1.165) is 12.8 Å². The molecule has 1 aromatic carbocycles. The third kappa shape index (κ3) is 1.95. The molecule has 0 aliphatic heterocycles. The quantitative estimate of drug-likeness (QED) is 0.672. The number of Topliss-reactive ketones (excluding diaryl/α,β-unsaturated/α-hetero) is 1. The molecule has 2 aliphatic carbocycles. The number of benzene rings is 1. The fraction of sp³-hybridized carbons (Fsp3) is 0.438. The van der Waals surface area contributed by atoms with Gasteiger partial charge in [0, 0.05) is 17.4 Å². The summed E-state index contributed by atoms with van der Waals surface area (Å²) in [6.45, 7) is 0. The number of ketones is 1. The van der Waals surface area contributed by atoms with Gasteiger partial charge in [-0.25, -0.2) is 4.79 Å². The first-order valence-electron chi connectivity index (χ1n) is 7.10. The van der Waals surface area contributed by atoms with Crippen LogP contribution in [0.25, 0.3) is 0 Å². The second kappa shape index (κ2) is 4.98. The number of ether oxygens (including phenoxy) is 1. The summed E-state index contributed by atoms with van der Waals surface area (Å²) < 4.78 is 4.82. The highest BCUT2D eigenvalue weighted by Crippen LogP contribution is 2.48. The average molecular weight is 287 g/mol. The summed E-state index contributed by atoms with van der Waals surface area (Å²) >= 11 is 0. The van der Waals surface area contributed by atoms with Gasteiger partial charge in [0.15, 0.2) is 5.78 Å². The van der Waals surface area contributed by atoms with Gasteiger partial charge < -0.3 is 10.1 Å². The Morgan fingerprint density at radius 3 is 2.52 bits per heavy atom. The Morgan fingerprint density at radius 1 is 1.24 bits per heavy atom. The van der Waals surface area contributed by atoms with E-state index in [1.807, 2.05) is 0 Å². The normalized spacial score (nSPS) is 30.2. The van der Waals surface area contributed by atoms with Crippen molar-refractivity contribution in [2.24, 2.45) is 11.8 Å². The van der Waals surface area contributed by atoms with E-state index in [9.17, 15) is 14.4 Å². The van der Waals surface area contributed by atoms with Crippen molar-refractivity contribution in [1.29, 1.82) is 0 Å². The van der Waals surface area contributed by atoms with E-state index in [1.165, 1.54) is 7.11 Å². The van der Waals surface area contributed by atoms with Crippen molar-refractivity contribution in [3.05, 3.63) is 35.9 Å². The van der Waals surface area contributed by atoms with Crippen LogP contribution in [0.4, 0.5) is 0 Å². The Labute approximate surface area is 122 Å². The second-order valence-corrected chi connectivity index (χ2v) is 5.69. The molecule has 3 rings (SSSR count). The van der Waals surface area contributed by atoms with Crippen molar-refractivity contribution in [3.63, 3.8) is 0 Å². The van der Waals surface area contributed by atoms with Crippen molar-refractivity contribution in [2.75, 3.05) is 7.11 Å². The standard InChI is InChI=1S/C16H17NO4/c1-21-15(20)16(12-8-7-11(9-12)13(16)18)17-14(19)10-5-3-2-4-6-10/h2-6,11-12H,7-9H2,1H3,(H,17,19)/t11-,12+,16+/m0/s1. The Bertz CT molecular complexity index is 598. The number of hydrogen-bond donors (Lipinski definition) is 1. The van der Waals surface area contributed by atoms with Gasteiger partial charge in [0.2, 0.25) is 5.54 Å². The SMILES string of the molecule is COC(=O)[C@]1(NC(=O)c2ccccc2)C(=O)[C@H]2CC[C@@H]1C2. The number of carbonyl (C=O) groups is 3. The zero-order chi connectivity index (χ0) is 15.0. The predicted molar refractivity (Wildman–Crippen MR) is 74.5 cm³/mol. The summed E-state index contributed by atoms with van der Waals surface area (Å²) in [6, 6.07) is 8.58. The van der Waals surface area contributed by atoms with Gasteiger partial charge in [0.1, 0.15) is 0 Å². The first-order chi connectivity index (χ1) is 10.1. The molecule has 3 atom stereocenters. The largest absolute Gasteiger partial charge is 0.467 e. The van der Waals surface area contributed by atoms with Gasteiger partial charge in [-0.2, -0.15) is 0 Å². The topological polar surface area (TPSA) is 72.5 Å². The monoisotopic (exact) mass is 287 g/mol. The maximum Gasteiger partial charge on any atom is 0.339 e. The van der Waals surface area contributed by atoms with Crippen molar-refractivity contribution >= 4 is 17.7 Å². The molecule has 0 aromatic heterocycles. The molecule has 21 heavy (non-hydrogen) atoms. The molecule has 1 N–H and O–H groups in total. The highest BCUT2D eigenvalue weighted by molar-refractivity contribution is 6.15. The van der Waals surface area contributed by atoms with Gasteiger partial charge in [0.25, 0.3) is 5.91 Å². The molecule has 0 radical (unpaired) electrons. The van der Waals surface area contributed by atoms with Gasteiger partial charge in [-0.1, -0.05) is 18.2 Å². The lowest BCUT2D eigenvalue weighted by Crippen LogP contribution is -2.63. The number of rotatable bonds is 3. The predicted octanol–water partition coefficient (Wildman–Crippen LogP) is 1.33. The third-order valence-electron chi connectivity index (χ3n) is 4.66. The van der Waals surface area contributed by atoms with Crippen LogP contribution in [-0.2, 0) is 14.3 Å². The Balaban J connectivity index is 1.93. The first-order valence-corrected chi connectivity index (χ1v) is 7.10. The number of esters is 1. The van der Waals surface area contributed by atoms with E-state index in [4.69, 9.17) is 4.74 Å². The second-order valence-electron chi connectivity index (χ2n) is 5.69. The fourth-order valence-electron chi connectivity index (χ4n) is 3.62. The summed E-state index contributed by atoms with van der Waals surface area (Å²) in [7, 11) is 1.25. The molecular weight excluding hydrogens is 270 g/mol. The van der Waals surface area contributed by atoms with Crippen LogP contribution >= 0.6 is 0 Å². The van der Waals surface area contributed by atoms with Crippen LogP contribution in [0.5, 0.6) is 0 Å². The molecule has 0 saturated heterocycles. The Hall–Kier alpha value is -2.17. The van der Waals surface area contributed by atoms with Crippen LogP contribution in [0.1, 0.15) is 29.6 Å². The molecule has 110 valence electrons. The van der Waals surface area contributed by atoms with Gasteiger partial charge in [-0.3, -0.25) is 9.59 Å². The van der Waals surface area contributed by atoms with Crippen LogP contribution in [-0.4, -0.2) is 30.3 Å². The van der Waals surface area contributed by atoms with Crippen molar-refractivity contribution in [2.45, 2.75) is 24.8 Å². The lowest BCUT2D eigenvalue weighted by atomic mass is 9.79. The Morgan fingerprint density at radius 2 is 1.95 bits per heavy atom. The number of amides is 1. The lowest BCUT2D eigenvalue weighted by Gasteiger charge is -2.34. The molecule has 1 amide bonds. The summed E-state index contributed by atoms with van der Waals surface area (Å²) in [5.41, 5.74) is -1.07. The van der Waals surface area contributed by atoms with Gasteiger partial charge >= 0.3 is 5.97 Å². The average Bonchev–Trinajstić information content (AvgIpc) is 3.10. The molecule has 5 nitrogen and oxygen atoms in total. The van der Waals surface area contributed by atoms with E-state index < -0.39 is 17.4 Å². The van der Waals surface area contributed by atoms with Crippen LogP contribution in [0.3, 0.4) is 0 Å². The molecule has 5 heteroatoms. The number of fused-ring (bicyclic) bond motifs is 2. The van der Waals surface area contributed by atoms with E-state index in [-0.39, 0.29) is 17.6 Å². The Kier molecular flexibility index (Phi) is 3.27. The number of hydrogen-bond acceptors (Lipinski definition) is 4. The van der Waals surface area contributed by atoms with Crippen molar-refractivity contribution in [1.82, 2.24) is 5.32 Å². The molecule has 1 aromatic rings. The minimum atomic E-state index is -1.50. The summed E-state index contributed by atoms with van der Waals surface area (Å²) in [5.74, 6) is -1.55. The van der Waals surface area contributed by atoms with Crippen LogP contribution in [0, 0.1) is 11.8 Å². The van der Waals surface area contributed by atoms with Crippen LogP contribution in [0.2, 0.25) is 0 Å². The van der Waals surface area contributed by atoms with E-state index in [2.05, 4.69) is 5.32 Å². The van der Waals surface area contributed by atoms with Crippen LogP contribution < -0.4 is 5.32 Å². The molecular formula is C16H17NO4. The molecule has 2 aliphatic rings. The van der Waals surface area contributed by atoms with Gasteiger partial charge in [-0.05, 0) is 31.4 Å². The lowest BCUT2D eigenvalue weighted by molar-refractivity contribution is -0.155. The van der Waals surface area contributed by atoms with Crippen LogP contribution in [0.15, 0.2) is 30.3 Å². The number of nitrogens with one attached hydrogen (secondary N) is 1. The fourth-order valence-corrected chi connectivity index (χ4v) is 3.62. The molecule has 2 saturated carbocycles.